The molecule has 0 aliphatic heterocycles. The van der Waals surface area contributed by atoms with Gasteiger partial charge in [0, 0.05) is 25.2 Å². The Morgan fingerprint density at radius 2 is 2.17 bits per heavy atom. The molecule has 5 nitrogen and oxygen atoms in total. The first-order valence-electron chi connectivity index (χ1n) is 7.08. The van der Waals surface area contributed by atoms with Crippen molar-refractivity contribution in [3.63, 3.8) is 0 Å². The highest BCUT2D eigenvalue weighted by Crippen LogP contribution is 2.20. The van der Waals surface area contributed by atoms with E-state index in [-0.39, 0.29) is 17.9 Å². The third-order valence-electron chi connectivity index (χ3n) is 3.19. The molecule has 1 amide bonds. The summed E-state index contributed by atoms with van der Waals surface area (Å²) in [5.74, 6) is -1.26. The largest absolute Gasteiger partial charge is 0.486 e. The molecular weight excluding hydrogens is 323 g/mol. The number of rotatable bonds is 6. The first-order valence-corrected chi connectivity index (χ1v) is 7.08. The van der Waals surface area contributed by atoms with E-state index in [0.717, 1.165) is 0 Å². The summed E-state index contributed by atoms with van der Waals surface area (Å²) in [6, 6.07) is 5.93. The molecule has 2 rings (SSSR count). The third kappa shape index (κ3) is 4.37. The zero-order valence-electron chi connectivity index (χ0n) is 13.1. The predicted octanol–water partition coefficient (Wildman–Crippen LogP) is 2.96. The highest BCUT2D eigenvalue weighted by Gasteiger charge is 2.14. The van der Waals surface area contributed by atoms with Crippen LogP contribution in [0.1, 0.15) is 21.7 Å². The van der Waals surface area contributed by atoms with Crippen LogP contribution < -0.4 is 10.1 Å². The van der Waals surface area contributed by atoms with Gasteiger partial charge in [-0.1, -0.05) is 12.1 Å². The molecule has 0 saturated heterocycles. The van der Waals surface area contributed by atoms with Gasteiger partial charge in [0.15, 0.2) is 11.6 Å². The number of benzene rings is 1. The second kappa shape index (κ2) is 7.67. The minimum atomic E-state index is -1.90. The molecule has 0 aliphatic carbocycles. The monoisotopic (exact) mass is 339 g/mol. The minimum absolute atomic E-state index is 0.0700. The molecule has 0 aliphatic rings. The fourth-order valence-electron chi connectivity index (χ4n) is 2.09. The number of halogens is 3. The molecule has 128 valence electrons. The van der Waals surface area contributed by atoms with E-state index in [0.29, 0.717) is 17.5 Å². The van der Waals surface area contributed by atoms with Crippen LogP contribution in [0, 0.1) is 12.7 Å². The number of carbonyl (C=O) groups excluding carboxylic acids is 1. The molecule has 0 unspecified atom stereocenters. The summed E-state index contributed by atoms with van der Waals surface area (Å²) in [4.78, 5) is 12.1. The van der Waals surface area contributed by atoms with E-state index >= 15 is 0 Å². The van der Waals surface area contributed by atoms with Gasteiger partial charge in [0.25, 0.3) is 12.0 Å². The van der Waals surface area contributed by atoms with E-state index in [9.17, 15) is 18.0 Å². The van der Waals surface area contributed by atoms with E-state index in [1.807, 2.05) is 0 Å². The first-order chi connectivity index (χ1) is 11.4. The standard InChI is InChI=1S/C16H16F3N3O2/c1-10-8-12(22(2)21-10)16(23)20-9-11-4-3-5-13(15(11)19)24-7-6-14(17)18/h3-6,8H,7,9H2,1-2H3,(H,20,23). The van der Waals surface area contributed by atoms with Crippen molar-refractivity contribution in [1.29, 1.82) is 0 Å². The summed E-state index contributed by atoms with van der Waals surface area (Å²) in [5, 5.41) is 6.65. The van der Waals surface area contributed by atoms with E-state index in [4.69, 9.17) is 4.74 Å². The number of aryl methyl sites for hydroxylation is 2. The zero-order chi connectivity index (χ0) is 17.7. The lowest BCUT2D eigenvalue weighted by atomic mass is 10.2. The van der Waals surface area contributed by atoms with Crippen LogP contribution in [-0.4, -0.2) is 22.3 Å². The highest BCUT2D eigenvalue weighted by atomic mass is 19.3. The topological polar surface area (TPSA) is 56.1 Å². The second-order valence-electron chi connectivity index (χ2n) is 5.01. The first kappa shape index (κ1) is 17.6. The molecule has 0 fully saturated rings. The average Bonchev–Trinajstić information content (AvgIpc) is 2.86. The van der Waals surface area contributed by atoms with Gasteiger partial charge in [-0.05, 0) is 19.1 Å². The highest BCUT2D eigenvalue weighted by molar-refractivity contribution is 5.92. The van der Waals surface area contributed by atoms with Crippen molar-refractivity contribution in [2.75, 3.05) is 6.61 Å². The molecule has 0 atom stereocenters. The summed E-state index contributed by atoms with van der Waals surface area (Å²) >= 11 is 0. The van der Waals surface area contributed by atoms with Crippen LogP contribution in [0.25, 0.3) is 0 Å². The van der Waals surface area contributed by atoms with Gasteiger partial charge in [-0.25, -0.2) is 4.39 Å². The van der Waals surface area contributed by atoms with Crippen molar-refractivity contribution in [1.82, 2.24) is 15.1 Å². The molecule has 1 N–H and O–H groups in total. The number of ether oxygens (including phenoxy) is 1. The number of nitrogens with one attached hydrogen (secondary N) is 1. The van der Waals surface area contributed by atoms with Crippen LogP contribution in [0.15, 0.2) is 36.4 Å². The van der Waals surface area contributed by atoms with Gasteiger partial charge in [-0.3, -0.25) is 9.48 Å². The van der Waals surface area contributed by atoms with Crippen LogP contribution in [0.4, 0.5) is 13.2 Å². The Morgan fingerprint density at radius 3 is 2.79 bits per heavy atom. The molecule has 24 heavy (non-hydrogen) atoms. The molecular formula is C16H16F3N3O2. The van der Waals surface area contributed by atoms with Gasteiger partial charge in [-0.15, -0.1) is 0 Å². The number of amides is 1. The smallest absolute Gasteiger partial charge is 0.269 e. The summed E-state index contributed by atoms with van der Waals surface area (Å²) < 4.78 is 44.5. The molecule has 0 spiro atoms. The normalized spacial score (nSPS) is 10.4. The van der Waals surface area contributed by atoms with Crippen molar-refractivity contribution >= 4 is 5.91 Å². The molecule has 1 aromatic carbocycles. The molecule has 0 bridgehead atoms. The molecule has 0 saturated carbocycles. The summed E-state index contributed by atoms with van der Waals surface area (Å²) in [5.41, 5.74) is 1.23. The quantitative estimate of drug-likeness (QED) is 0.880. The van der Waals surface area contributed by atoms with E-state index in [1.54, 1.807) is 20.0 Å². The SMILES string of the molecule is Cc1cc(C(=O)NCc2cccc(OCC=C(F)F)c2F)n(C)n1. The van der Waals surface area contributed by atoms with Crippen LogP contribution in [0.2, 0.25) is 0 Å². The van der Waals surface area contributed by atoms with E-state index < -0.39 is 24.4 Å². The Hall–Kier alpha value is -2.77. The van der Waals surface area contributed by atoms with Crippen molar-refractivity contribution in [3.05, 3.63) is 59.2 Å². The van der Waals surface area contributed by atoms with Crippen LogP contribution in [-0.2, 0) is 13.6 Å². The molecule has 0 radical (unpaired) electrons. The number of hydrogen-bond donors (Lipinski definition) is 1. The Kier molecular flexibility index (Phi) is 5.62. The summed E-state index contributed by atoms with van der Waals surface area (Å²) in [6.45, 7) is 1.24. The van der Waals surface area contributed by atoms with Gasteiger partial charge < -0.3 is 10.1 Å². The third-order valence-corrected chi connectivity index (χ3v) is 3.19. The van der Waals surface area contributed by atoms with Crippen molar-refractivity contribution in [3.8, 4) is 5.75 Å². The lowest BCUT2D eigenvalue weighted by Crippen LogP contribution is -2.25. The lowest BCUT2D eigenvalue weighted by Gasteiger charge is -2.10. The van der Waals surface area contributed by atoms with Gasteiger partial charge in [-0.2, -0.15) is 13.9 Å². The van der Waals surface area contributed by atoms with E-state index in [2.05, 4.69) is 10.4 Å². The van der Waals surface area contributed by atoms with Crippen molar-refractivity contribution in [2.24, 2.45) is 7.05 Å². The molecule has 1 aromatic heterocycles. The van der Waals surface area contributed by atoms with Gasteiger partial charge in [0.2, 0.25) is 0 Å². The Balaban J connectivity index is 2.03. The van der Waals surface area contributed by atoms with Crippen LogP contribution in [0.5, 0.6) is 5.75 Å². The lowest BCUT2D eigenvalue weighted by molar-refractivity contribution is 0.0941. The van der Waals surface area contributed by atoms with Gasteiger partial charge >= 0.3 is 0 Å². The fourth-order valence-corrected chi connectivity index (χ4v) is 2.09. The second-order valence-corrected chi connectivity index (χ2v) is 5.01. The fraction of sp³-hybridized carbons (Fsp3) is 0.250. The average molecular weight is 339 g/mol. The van der Waals surface area contributed by atoms with Gasteiger partial charge in [0.05, 0.1) is 5.69 Å². The Bertz CT molecular complexity index is 768. The zero-order valence-corrected chi connectivity index (χ0v) is 13.1. The van der Waals surface area contributed by atoms with Crippen LogP contribution in [0.3, 0.4) is 0 Å². The Labute approximate surface area is 136 Å². The predicted molar refractivity (Wildman–Crippen MR) is 81.3 cm³/mol. The number of nitrogens with zero attached hydrogens (tertiary/aromatic N) is 2. The van der Waals surface area contributed by atoms with Crippen molar-refractivity contribution in [2.45, 2.75) is 13.5 Å². The number of carbonyl (C=O) groups is 1. The van der Waals surface area contributed by atoms with Gasteiger partial charge in [0.1, 0.15) is 12.3 Å². The van der Waals surface area contributed by atoms with E-state index in [1.165, 1.54) is 22.9 Å². The maximum atomic E-state index is 14.2. The number of hydrogen-bond acceptors (Lipinski definition) is 3. The maximum Gasteiger partial charge on any atom is 0.269 e. The minimum Gasteiger partial charge on any atom is -0.486 e. The molecule has 1 heterocycles. The summed E-state index contributed by atoms with van der Waals surface area (Å²) in [6.07, 6.45) is -1.36. The molecule has 8 heteroatoms. The number of aromatic nitrogens is 2. The molecule has 2 aromatic rings. The summed E-state index contributed by atoms with van der Waals surface area (Å²) in [7, 11) is 1.63. The van der Waals surface area contributed by atoms with Crippen LogP contribution >= 0.6 is 0 Å². The van der Waals surface area contributed by atoms with Crippen molar-refractivity contribution < 1.29 is 22.7 Å². The maximum absolute atomic E-state index is 14.2. The Morgan fingerprint density at radius 1 is 1.42 bits per heavy atom.